The first kappa shape index (κ1) is 22.7. The van der Waals surface area contributed by atoms with Gasteiger partial charge in [0.05, 0.1) is 5.56 Å². The van der Waals surface area contributed by atoms with Gasteiger partial charge in [0.2, 0.25) is 5.91 Å². The molecule has 10 heteroatoms. The summed E-state index contributed by atoms with van der Waals surface area (Å²) in [7, 11) is 0. The lowest BCUT2D eigenvalue weighted by Gasteiger charge is -2.19. The third-order valence-corrected chi connectivity index (χ3v) is 3.50. The molecule has 0 aliphatic carbocycles. The van der Waals surface area contributed by atoms with Crippen LogP contribution in [0.4, 0.5) is 29.3 Å². The highest BCUT2D eigenvalue weighted by Gasteiger charge is 2.19. The molecule has 0 spiro atoms. The molecule has 0 aliphatic heterocycles. The van der Waals surface area contributed by atoms with E-state index in [-0.39, 0.29) is 12.2 Å². The van der Waals surface area contributed by atoms with Crippen LogP contribution in [0.3, 0.4) is 0 Å². The van der Waals surface area contributed by atoms with E-state index in [4.69, 9.17) is 4.74 Å². The van der Waals surface area contributed by atoms with E-state index in [1.807, 2.05) is 0 Å². The number of ether oxygens (including phenoxy) is 1. The van der Waals surface area contributed by atoms with Gasteiger partial charge in [-0.05, 0) is 57.2 Å². The molecule has 2 aromatic rings. The van der Waals surface area contributed by atoms with Gasteiger partial charge >= 0.3 is 6.09 Å². The van der Waals surface area contributed by atoms with Crippen molar-refractivity contribution in [1.82, 2.24) is 5.32 Å². The molecular weight excluding hydrogens is 403 g/mol. The van der Waals surface area contributed by atoms with Crippen LogP contribution in [0.5, 0.6) is 0 Å². The summed E-state index contributed by atoms with van der Waals surface area (Å²) in [4.78, 5) is 35.4. The quantitative estimate of drug-likeness (QED) is 0.637. The first-order valence-electron chi connectivity index (χ1n) is 8.78. The molecule has 0 aromatic heterocycles. The third kappa shape index (κ3) is 6.50. The predicted molar refractivity (Wildman–Crippen MR) is 104 cm³/mol. The fraction of sp³-hybridized carbons (Fsp3) is 0.250. The van der Waals surface area contributed by atoms with Gasteiger partial charge in [0, 0.05) is 11.4 Å². The Labute approximate surface area is 170 Å². The van der Waals surface area contributed by atoms with Crippen LogP contribution in [0.25, 0.3) is 0 Å². The molecule has 0 unspecified atom stereocenters. The molecule has 3 N–H and O–H groups in total. The van der Waals surface area contributed by atoms with Gasteiger partial charge < -0.3 is 20.7 Å². The number of carbonyl (C=O) groups is 3. The number of nitrogens with one attached hydrogen (secondary N) is 3. The van der Waals surface area contributed by atoms with Gasteiger partial charge in [-0.25, -0.2) is 18.0 Å². The van der Waals surface area contributed by atoms with E-state index in [0.29, 0.717) is 11.8 Å². The van der Waals surface area contributed by atoms with E-state index < -0.39 is 46.5 Å². The summed E-state index contributed by atoms with van der Waals surface area (Å²) < 4.78 is 44.9. The number of alkyl carbamates (subject to hydrolysis) is 1. The van der Waals surface area contributed by atoms with Gasteiger partial charge in [-0.2, -0.15) is 0 Å². The van der Waals surface area contributed by atoms with Gasteiger partial charge in [-0.15, -0.1) is 0 Å². The summed E-state index contributed by atoms with van der Waals surface area (Å²) in [6, 6.07) is 7.19. The van der Waals surface area contributed by atoms with E-state index >= 15 is 0 Å². The molecule has 30 heavy (non-hydrogen) atoms. The summed E-state index contributed by atoms with van der Waals surface area (Å²) in [6.07, 6.45) is -0.736. The molecule has 3 amide bonds. The Hall–Kier alpha value is -3.56. The monoisotopic (exact) mass is 423 g/mol. The number of rotatable bonds is 5. The topological polar surface area (TPSA) is 96.5 Å². The van der Waals surface area contributed by atoms with Crippen LogP contribution in [0.2, 0.25) is 0 Å². The lowest BCUT2D eigenvalue weighted by Crippen LogP contribution is -2.37. The third-order valence-electron chi connectivity index (χ3n) is 3.50. The smallest absolute Gasteiger partial charge is 0.408 e. The van der Waals surface area contributed by atoms with Crippen molar-refractivity contribution in [3.8, 4) is 0 Å². The van der Waals surface area contributed by atoms with Crippen molar-refractivity contribution >= 4 is 29.3 Å². The van der Waals surface area contributed by atoms with Gasteiger partial charge in [0.1, 0.15) is 12.1 Å². The molecule has 0 heterocycles. The van der Waals surface area contributed by atoms with Crippen LogP contribution in [0.15, 0.2) is 36.4 Å². The van der Waals surface area contributed by atoms with E-state index in [1.54, 1.807) is 20.8 Å². The summed E-state index contributed by atoms with van der Waals surface area (Å²) in [6.45, 7) is 4.75. The minimum atomic E-state index is -1.74. The van der Waals surface area contributed by atoms with Crippen molar-refractivity contribution in [3.63, 3.8) is 0 Å². The Balaban J connectivity index is 1.91. The Kier molecular flexibility index (Phi) is 7.04. The molecule has 0 bridgehead atoms. The van der Waals surface area contributed by atoms with Crippen LogP contribution in [-0.2, 0) is 9.53 Å². The average Bonchev–Trinajstić information content (AvgIpc) is 2.65. The molecule has 0 radical (unpaired) electrons. The maximum Gasteiger partial charge on any atom is 0.408 e. The van der Waals surface area contributed by atoms with Crippen molar-refractivity contribution in [2.75, 3.05) is 17.2 Å². The number of anilines is 2. The van der Waals surface area contributed by atoms with E-state index in [1.165, 1.54) is 24.3 Å². The zero-order valence-electron chi connectivity index (χ0n) is 16.4. The number of hydrogen-bond donors (Lipinski definition) is 3. The minimum absolute atomic E-state index is 0.231. The summed E-state index contributed by atoms with van der Waals surface area (Å²) in [5.74, 6) is -6.20. The second kappa shape index (κ2) is 9.29. The van der Waals surface area contributed by atoms with Gasteiger partial charge in [0.25, 0.3) is 5.91 Å². The molecule has 0 fully saturated rings. The molecular formula is C20H20F3N3O4. The molecule has 0 atom stereocenters. The average molecular weight is 423 g/mol. The summed E-state index contributed by atoms with van der Waals surface area (Å²) in [5.41, 5.74) is -0.750. The number of benzene rings is 2. The predicted octanol–water partition coefficient (Wildman–Crippen LogP) is 3.82. The second-order valence-corrected chi connectivity index (χ2v) is 7.16. The van der Waals surface area contributed by atoms with Gasteiger partial charge in [0.15, 0.2) is 17.5 Å². The molecule has 7 nitrogen and oxygen atoms in total. The zero-order chi connectivity index (χ0) is 22.5. The van der Waals surface area contributed by atoms with Crippen molar-refractivity contribution < 1.29 is 32.3 Å². The maximum atomic E-state index is 13.7. The first-order chi connectivity index (χ1) is 14.0. The van der Waals surface area contributed by atoms with E-state index in [9.17, 15) is 27.6 Å². The van der Waals surface area contributed by atoms with Crippen LogP contribution < -0.4 is 16.0 Å². The highest BCUT2D eigenvalue weighted by molar-refractivity contribution is 6.04. The fourth-order valence-electron chi connectivity index (χ4n) is 2.21. The Morgan fingerprint density at radius 1 is 0.867 bits per heavy atom. The van der Waals surface area contributed by atoms with Gasteiger partial charge in [-0.3, -0.25) is 9.59 Å². The summed E-state index contributed by atoms with van der Waals surface area (Å²) >= 11 is 0. The van der Waals surface area contributed by atoms with E-state index in [0.717, 1.165) is 6.07 Å². The van der Waals surface area contributed by atoms with E-state index in [2.05, 4.69) is 16.0 Å². The lowest BCUT2D eigenvalue weighted by molar-refractivity contribution is -0.115. The molecule has 160 valence electrons. The Bertz CT molecular complexity index is 957. The van der Waals surface area contributed by atoms with Gasteiger partial charge in [-0.1, -0.05) is 0 Å². The van der Waals surface area contributed by atoms with Crippen molar-refractivity contribution in [1.29, 1.82) is 0 Å². The lowest BCUT2D eigenvalue weighted by atomic mass is 10.1. The summed E-state index contributed by atoms with van der Waals surface area (Å²) in [5, 5.41) is 7.16. The molecule has 2 rings (SSSR count). The Morgan fingerprint density at radius 3 is 2.00 bits per heavy atom. The largest absolute Gasteiger partial charge is 0.444 e. The number of halogens is 3. The van der Waals surface area contributed by atoms with Crippen LogP contribution in [0, 0.1) is 17.5 Å². The fourth-order valence-corrected chi connectivity index (χ4v) is 2.21. The second-order valence-electron chi connectivity index (χ2n) is 7.16. The molecule has 0 saturated heterocycles. The number of amides is 3. The Morgan fingerprint density at radius 2 is 1.43 bits per heavy atom. The van der Waals surface area contributed by atoms with Crippen molar-refractivity contribution in [3.05, 3.63) is 59.4 Å². The minimum Gasteiger partial charge on any atom is -0.444 e. The molecule has 2 aromatic carbocycles. The van der Waals surface area contributed by atoms with Crippen LogP contribution in [0.1, 0.15) is 31.1 Å². The number of carbonyl (C=O) groups excluding carboxylic acids is 3. The molecule has 0 aliphatic rings. The number of hydrogen-bond acceptors (Lipinski definition) is 4. The highest BCUT2D eigenvalue weighted by atomic mass is 19.2. The highest BCUT2D eigenvalue weighted by Crippen LogP contribution is 2.18. The molecule has 0 saturated carbocycles. The normalized spacial score (nSPS) is 10.9. The maximum absolute atomic E-state index is 13.7. The van der Waals surface area contributed by atoms with Crippen molar-refractivity contribution in [2.24, 2.45) is 0 Å². The van der Waals surface area contributed by atoms with Crippen LogP contribution >= 0.6 is 0 Å². The van der Waals surface area contributed by atoms with Crippen LogP contribution in [-0.4, -0.2) is 30.1 Å². The SMILES string of the molecule is CC(C)(C)OC(=O)NCC(=O)Nc1ccc(NC(=O)c2ccc(F)c(F)c2F)cc1. The first-order valence-corrected chi connectivity index (χ1v) is 8.78. The zero-order valence-corrected chi connectivity index (χ0v) is 16.4. The van der Waals surface area contributed by atoms with Crippen molar-refractivity contribution in [2.45, 2.75) is 26.4 Å². The standard InChI is InChI=1S/C20H20F3N3O4/c1-20(2,3)30-19(29)24-10-15(27)25-11-4-6-12(7-5-11)26-18(28)13-8-9-14(21)17(23)16(13)22/h4-9H,10H2,1-3H3,(H,24,29)(H,25,27)(H,26,28).